The highest BCUT2D eigenvalue weighted by Gasteiger charge is 2.13. The van der Waals surface area contributed by atoms with Gasteiger partial charge in [0.15, 0.2) is 0 Å². The van der Waals surface area contributed by atoms with Crippen molar-refractivity contribution in [2.24, 2.45) is 5.92 Å². The van der Waals surface area contributed by atoms with E-state index in [1.54, 1.807) is 36.5 Å². The number of aromatic nitrogens is 3. The third-order valence-electron chi connectivity index (χ3n) is 4.16. The van der Waals surface area contributed by atoms with E-state index < -0.39 is 0 Å². The normalized spacial score (nSPS) is 12.2. The molecule has 0 spiro atoms. The maximum Gasteiger partial charge on any atom is 0.253 e. The Morgan fingerprint density at radius 2 is 2.00 bits per heavy atom. The Kier molecular flexibility index (Phi) is 5.94. The molecule has 3 aromatic rings. The first kappa shape index (κ1) is 19.8. The van der Waals surface area contributed by atoms with E-state index in [4.69, 9.17) is 11.6 Å². The minimum absolute atomic E-state index is 0.101. The number of carbonyl (C=O) groups excluding carboxylic acids is 1. The van der Waals surface area contributed by atoms with Crippen molar-refractivity contribution in [2.75, 3.05) is 10.6 Å². The lowest BCUT2D eigenvalue weighted by molar-refractivity contribution is -0.116. The summed E-state index contributed by atoms with van der Waals surface area (Å²) in [5.74, 6) is 0.887. The molecule has 0 radical (unpaired) electrons. The first-order valence-electron chi connectivity index (χ1n) is 9.03. The highest BCUT2D eigenvalue weighted by atomic mass is 35.5. The summed E-state index contributed by atoms with van der Waals surface area (Å²) in [5, 5.41) is 7.30. The van der Waals surface area contributed by atoms with E-state index in [-0.39, 0.29) is 23.4 Å². The van der Waals surface area contributed by atoms with Gasteiger partial charge in [0, 0.05) is 34.1 Å². The zero-order chi connectivity index (χ0) is 20.3. The molecule has 2 aromatic heterocycles. The first-order valence-corrected chi connectivity index (χ1v) is 9.41. The number of benzene rings is 1. The number of aromatic amines is 1. The van der Waals surface area contributed by atoms with E-state index in [0.29, 0.717) is 28.8 Å². The zero-order valence-electron chi connectivity index (χ0n) is 15.9. The van der Waals surface area contributed by atoms with Crippen LogP contribution in [0.2, 0.25) is 5.02 Å². The number of nitrogens with one attached hydrogen (secondary N) is 3. The summed E-state index contributed by atoms with van der Waals surface area (Å²) in [5.41, 5.74) is 1.06. The fraction of sp³-hybridized carbons (Fsp3) is 0.300. The molecule has 0 saturated carbocycles. The Bertz CT molecular complexity index is 1060. The van der Waals surface area contributed by atoms with E-state index in [0.717, 1.165) is 10.9 Å². The minimum Gasteiger partial charge on any atom is -0.347 e. The van der Waals surface area contributed by atoms with Crippen LogP contribution in [-0.2, 0) is 4.79 Å². The number of H-pyrrole nitrogens is 1. The molecule has 0 aliphatic heterocycles. The Hall–Kier alpha value is -2.93. The van der Waals surface area contributed by atoms with Crippen molar-refractivity contribution in [1.82, 2.24) is 15.0 Å². The van der Waals surface area contributed by atoms with E-state index >= 15 is 0 Å². The lowest BCUT2D eigenvalue weighted by atomic mass is 10.1. The van der Waals surface area contributed by atoms with Gasteiger partial charge < -0.3 is 15.6 Å². The van der Waals surface area contributed by atoms with Crippen LogP contribution in [0.3, 0.4) is 0 Å². The molecular weight excluding hydrogens is 378 g/mol. The zero-order valence-corrected chi connectivity index (χ0v) is 16.7. The summed E-state index contributed by atoms with van der Waals surface area (Å²) in [4.78, 5) is 35.7. The molecule has 1 amide bonds. The molecule has 0 aliphatic rings. The van der Waals surface area contributed by atoms with Gasteiger partial charge in [-0.05, 0) is 43.2 Å². The van der Waals surface area contributed by atoms with Crippen LogP contribution in [0.25, 0.3) is 10.9 Å². The van der Waals surface area contributed by atoms with Gasteiger partial charge in [-0.2, -0.15) is 4.98 Å². The molecule has 7 nitrogen and oxygen atoms in total. The quantitative estimate of drug-likeness (QED) is 0.578. The Morgan fingerprint density at radius 3 is 2.75 bits per heavy atom. The molecule has 2 heterocycles. The summed E-state index contributed by atoms with van der Waals surface area (Å²) in [6, 6.07) is 8.37. The number of anilines is 2. The largest absolute Gasteiger partial charge is 0.347 e. The van der Waals surface area contributed by atoms with Gasteiger partial charge in [-0.15, -0.1) is 0 Å². The molecule has 0 unspecified atom stereocenters. The predicted octanol–water partition coefficient (Wildman–Crippen LogP) is 4.13. The molecule has 0 bridgehead atoms. The number of nitrogens with zero attached hydrogens (tertiary/aromatic N) is 2. The Morgan fingerprint density at radius 1 is 1.21 bits per heavy atom. The molecule has 0 fully saturated rings. The van der Waals surface area contributed by atoms with E-state index in [1.807, 2.05) is 20.8 Å². The van der Waals surface area contributed by atoms with Crippen LogP contribution in [0.1, 0.15) is 38.8 Å². The maximum atomic E-state index is 12.4. The number of pyridine rings is 1. The second kappa shape index (κ2) is 8.39. The van der Waals surface area contributed by atoms with Gasteiger partial charge in [0.1, 0.15) is 5.82 Å². The number of rotatable bonds is 6. The highest BCUT2D eigenvalue weighted by molar-refractivity contribution is 6.31. The second-order valence-corrected chi connectivity index (χ2v) is 7.50. The van der Waals surface area contributed by atoms with Gasteiger partial charge in [0.2, 0.25) is 11.9 Å². The molecule has 0 saturated heterocycles. The smallest absolute Gasteiger partial charge is 0.253 e. The first-order chi connectivity index (χ1) is 13.3. The SMILES string of the molecule is CC(C)CC(=O)Nc1ccnc(N[C@@H](C)c2cc3cc(Cl)ccc3[nH]c2=O)n1. The van der Waals surface area contributed by atoms with Gasteiger partial charge in [-0.25, -0.2) is 4.98 Å². The third kappa shape index (κ3) is 4.86. The van der Waals surface area contributed by atoms with Gasteiger partial charge in [0.25, 0.3) is 5.56 Å². The minimum atomic E-state index is -0.353. The van der Waals surface area contributed by atoms with Crippen LogP contribution in [0.4, 0.5) is 11.8 Å². The van der Waals surface area contributed by atoms with Crippen LogP contribution in [0.15, 0.2) is 41.3 Å². The molecule has 1 aromatic carbocycles. The van der Waals surface area contributed by atoms with Gasteiger partial charge in [0.05, 0.1) is 6.04 Å². The van der Waals surface area contributed by atoms with Crippen LogP contribution in [-0.4, -0.2) is 20.9 Å². The van der Waals surface area contributed by atoms with Crippen molar-refractivity contribution in [3.8, 4) is 0 Å². The van der Waals surface area contributed by atoms with E-state index in [1.165, 1.54) is 0 Å². The average Bonchev–Trinajstić information content (AvgIpc) is 2.61. The number of hydrogen-bond donors (Lipinski definition) is 3. The van der Waals surface area contributed by atoms with Crippen molar-refractivity contribution in [1.29, 1.82) is 0 Å². The standard InChI is InChI=1S/C20H22ClN5O2/c1-11(2)8-18(27)25-17-6-7-22-20(26-17)23-12(3)15-10-13-9-14(21)4-5-16(13)24-19(15)28/h4-7,9-12H,8H2,1-3H3,(H,24,28)(H2,22,23,25,26,27)/t12-/m0/s1. The number of fused-ring (bicyclic) bond motifs is 1. The monoisotopic (exact) mass is 399 g/mol. The summed E-state index contributed by atoms with van der Waals surface area (Å²) in [7, 11) is 0. The molecule has 8 heteroatoms. The fourth-order valence-corrected chi connectivity index (χ4v) is 3.03. The summed E-state index contributed by atoms with van der Waals surface area (Å²) >= 11 is 6.05. The predicted molar refractivity (Wildman–Crippen MR) is 112 cm³/mol. The lowest BCUT2D eigenvalue weighted by Crippen LogP contribution is -2.20. The van der Waals surface area contributed by atoms with Gasteiger partial charge in [-0.1, -0.05) is 25.4 Å². The van der Waals surface area contributed by atoms with Crippen molar-refractivity contribution in [2.45, 2.75) is 33.2 Å². The number of amides is 1. The Labute approximate surface area is 167 Å². The Balaban J connectivity index is 1.79. The fourth-order valence-electron chi connectivity index (χ4n) is 2.85. The van der Waals surface area contributed by atoms with Crippen LogP contribution in [0.5, 0.6) is 0 Å². The molecule has 1 atom stereocenters. The second-order valence-electron chi connectivity index (χ2n) is 7.06. The number of carbonyl (C=O) groups is 1. The molecule has 28 heavy (non-hydrogen) atoms. The molecule has 3 rings (SSSR count). The molecule has 3 N–H and O–H groups in total. The molecule has 146 valence electrons. The topological polar surface area (TPSA) is 99.8 Å². The van der Waals surface area contributed by atoms with Crippen LogP contribution >= 0.6 is 11.6 Å². The molecular formula is C20H22ClN5O2. The van der Waals surface area contributed by atoms with Crippen LogP contribution < -0.4 is 16.2 Å². The number of halogens is 1. The molecule has 0 aliphatic carbocycles. The maximum absolute atomic E-state index is 12.4. The number of hydrogen-bond acceptors (Lipinski definition) is 5. The summed E-state index contributed by atoms with van der Waals surface area (Å²) in [6.45, 7) is 5.79. The van der Waals surface area contributed by atoms with Crippen LogP contribution in [0, 0.1) is 5.92 Å². The highest BCUT2D eigenvalue weighted by Crippen LogP contribution is 2.21. The van der Waals surface area contributed by atoms with Crippen molar-refractivity contribution >= 4 is 40.2 Å². The average molecular weight is 400 g/mol. The van der Waals surface area contributed by atoms with E-state index in [2.05, 4.69) is 25.6 Å². The summed E-state index contributed by atoms with van der Waals surface area (Å²) < 4.78 is 0. The third-order valence-corrected chi connectivity index (χ3v) is 4.40. The van der Waals surface area contributed by atoms with Crippen molar-refractivity contribution < 1.29 is 4.79 Å². The lowest BCUT2D eigenvalue weighted by Gasteiger charge is -2.15. The van der Waals surface area contributed by atoms with Gasteiger partial charge >= 0.3 is 0 Å². The van der Waals surface area contributed by atoms with Crippen molar-refractivity contribution in [3.05, 3.63) is 57.5 Å². The van der Waals surface area contributed by atoms with Crippen molar-refractivity contribution in [3.63, 3.8) is 0 Å². The van der Waals surface area contributed by atoms with Gasteiger partial charge in [-0.3, -0.25) is 9.59 Å². The summed E-state index contributed by atoms with van der Waals surface area (Å²) in [6.07, 6.45) is 1.97. The van der Waals surface area contributed by atoms with E-state index in [9.17, 15) is 9.59 Å².